The highest BCUT2D eigenvalue weighted by Crippen LogP contribution is 2.30. The molecule has 0 amide bonds. The lowest BCUT2D eigenvalue weighted by Gasteiger charge is -2.26. The Kier molecular flexibility index (Phi) is 6.10. The SMILES string of the molecule is CCOc1ccc(S(=O)(=O)N2CCCCC2)cc1NCc1nnc(C)s1. The molecule has 1 aliphatic rings. The topological polar surface area (TPSA) is 84.4 Å². The van der Waals surface area contributed by atoms with Crippen LogP contribution in [0.3, 0.4) is 0 Å². The number of ether oxygens (including phenoxy) is 1. The number of nitrogens with zero attached hydrogens (tertiary/aromatic N) is 3. The fraction of sp³-hybridized carbons (Fsp3) is 0.529. The third-order valence-corrected chi connectivity index (χ3v) is 6.93. The van der Waals surface area contributed by atoms with Gasteiger partial charge in [-0.15, -0.1) is 10.2 Å². The summed E-state index contributed by atoms with van der Waals surface area (Å²) in [4.78, 5) is 0.291. The minimum atomic E-state index is -3.48. The van der Waals surface area contributed by atoms with E-state index in [1.165, 1.54) is 11.3 Å². The first kappa shape index (κ1) is 19.1. The van der Waals surface area contributed by atoms with Crippen molar-refractivity contribution in [3.8, 4) is 5.75 Å². The molecule has 1 N–H and O–H groups in total. The van der Waals surface area contributed by atoms with Crippen molar-refractivity contribution in [2.45, 2.75) is 44.6 Å². The summed E-state index contributed by atoms with van der Waals surface area (Å²) in [6.07, 6.45) is 2.92. The molecule has 26 heavy (non-hydrogen) atoms. The van der Waals surface area contributed by atoms with E-state index >= 15 is 0 Å². The molecular weight excluding hydrogens is 372 g/mol. The Morgan fingerprint density at radius 2 is 2.00 bits per heavy atom. The number of aromatic nitrogens is 2. The lowest BCUT2D eigenvalue weighted by molar-refractivity contribution is 0.340. The zero-order valence-corrected chi connectivity index (χ0v) is 16.7. The van der Waals surface area contributed by atoms with Crippen LogP contribution < -0.4 is 10.1 Å². The summed E-state index contributed by atoms with van der Waals surface area (Å²) in [6, 6.07) is 4.99. The maximum Gasteiger partial charge on any atom is 0.243 e. The Labute approximate surface area is 158 Å². The Morgan fingerprint density at radius 3 is 2.65 bits per heavy atom. The van der Waals surface area contributed by atoms with Crippen molar-refractivity contribution in [1.29, 1.82) is 0 Å². The van der Waals surface area contributed by atoms with Crippen molar-refractivity contribution in [2.75, 3.05) is 25.0 Å². The molecule has 0 spiro atoms. The van der Waals surface area contributed by atoms with Crippen molar-refractivity contribution < 1.29 is 13.2 Å². The first-order chi connectivity index (χ1) is 12.5. The van der Waals surface area contributed by atoms with E-state index in [9.17, 15) is 8.42 Å². The molecule has 1 saturated heterocycles. The van der Waals surface area contributed by atoms with Gasteiger partial charge in [0.1, 0.15) is 15.8 Å². The second-order valence-corrected chi connectivity index (χ2v) is 9.33. The minimum Gasteiger partial charge on any atom is -0.492 e. The lowest BCUT2D eigenvalue weighted by atomic mass is 10.2. The average Bonchev–Trinajstić information content (AvgIpc) is 3.07. The summed E-state index contributed by atoms with van der Waals surface area (Å²) < 4.78 is 33.1. The van der Waals surface area contributed by atoms with E-state index in [1.807, 2.05) is 13.8 Å². The lowest BCUT2D eigenvalue weighted by Crippen LogP contribution is -2.35. The standard InChI is InChI=1S/C17H24N4O3S2/c1-3-24-16-8-7-14(26(22,23)21-9-5-4-6-10-21)11-15(16)18-12-17-20-19-13(2)25-17/h7-8,11,18H,3-6,9-10,12H2,1-2H3. The molecular formula is C17H24N4O3S2. The number of hydrogen-bond acceptors (Lipinski definition) is 7. The van der Waals surface area contributed by atoms with Gasteiger partial charge in [0.15, 0.2) is 0 Å². The molecule has 2 aromatic rings. The highest BCUT2D eigenvalue weighted by atomic mass is 32.2. The van der Waals surface area contributed by atoms with Gasteiger partial charge in [0.25, 0.3) is 0 Å². The van der Waals surface area contributed by atoms with Gasteiger partial charge >= 0.3 is 0 Å². The van der Waals surface area contributed by atoms with E-state index in [0.717, 1.165) is 29.3 Å². The van der Waals surface area contributed by atoms with Crippen molar-refractivity contribution in [3.05, 3.63) is 28.2 Å². The zero-order valence-electron chi connectivity index (χ0n) is 15.1. The van der Waals surface area contributed by atoms with Crippen molar-refractivity contribution >= 4 is 27.0 Å². The van der Waals surface area contributed by atoms with Crippen LogP contribution in [-0.2, 0) is 16.6 Å². The van der Waals surface area contributed by atoms with Gasteiger partial charge in [-0.2, -0.15) is 4.31 Å². The van der Waals surface area contributed by atoms with E-state index in [2.05, 4.69) is 15.5 Å². The molecule has 0 saturated carbocycles. The first-order valence-electron chi connectivity index (χ1n) is 8.80. The van der Waals surface area contributed by atoms with Crippen molar-refractivity contribution in [3.63, 3.8) is 0 Å². The van der Waals surface area contributed by atoms with Crippen LogP contribution in [0.4, 0.5) is 5.69 Å². The fourth-order valence-electron chi connectivity index (χ4n) is 2.92. The van der Waals surface area contributed by atoms with Crippen molar-refractivity contribution in [2.24, 2.45) is 0 Å². The molecule has 0 aliphatic carbocycles. The molecule has 2 heterocycles. The third-order valence-electron chi connectivity index (χ3n) is 4.20. The largest absolute Gasteiger partial charge is 0.492 e. The number of rotatable bonds is 7. The van der Waals surface area contributed by atoms with Gasteiger partial charge in [-0.3, -0.25) is 0 Å². The maximum absolute atomic E-state index is 12.9. The average molecular weight is 397 g/mol. The molecule has 7 nitrogen and oxygen atoms in total. The van der Waals surface area contributed by atoms with Crippen LogP contribution in [0.5, 0.6) is 5.75 Å². The number of hydrogen-bond donors (Lipinski definition) is 1. The Balaban J connectivity index is 1.85. The summed E-state index contributed by atoms with van der Waals surface area (Å²) in [6.45, 7) is 5.95. The third kappa shape index (κ3) is 4.33. The number of benzene rings is 1. The normalized spacial score (nSPS) is 15.8. The van der Waals surface area contributed by atoms with Crippen LogP contribution in [-0.4, -0.2) is 42.6 Å². The number of anilines is 1. The van der Waals surface area contributed by atoms with Gasteiger partial charge in [-0.05, 0) is 44.9 Å². The molecule has 3 rings (SSSR count). The summed E-state index contributed by atoms with van der Waals surface area (Å²) >= 11 is 1.51. The Bertz CT molecular complexity index is 845. The Hall–Kier alpha value is -1.71. The predicted octanol–water partition coefficient (Wildman–Crippen LogP) is 3.03. The van der Waals surface area contributed by atoms with E-state index in [4.69, 9.17) is 4.74 Å². The molecule has 1 aromatic carbocycles. The van der Waals surface area contributed by atoms with Crippen LogP contribution in [0.2, 0.25) is 0 Å². The van der Waals surface area contributed by atoms with E-state index in [0.29, 0.717) is 42.6 Å². The highest BCUT2D eigenvalue weighted by Gasteiger charge is 2.26. The number of aryl methyl sites for hydroxylation is 1. The molecule has 0 atom stereocenters. The van der Waals surface area contributed by atoms with Crippen molar-refractivity contribution in [1.82, 2.24) is 14.5 Å². The van der Waals surface area contributed by atoms with Crippen LogP contribution in [0, 0.1) is 6.92 Å². The summed E-state index contributed by atoms with van der Waals surface area (Å²) in [5, 5.41) is 13.1. The summed E-state index contributed by atoms with van der Waals surface area (Å²) in [5.41, 5.74) is 0.651. The fourth-order valence-corrected chi connectivity index (χ4v) is 5.12. The molecule has 1 fully saturated rings. The van der Waals surface area contributed by atoms with Gasteiger partial charge in [0.05, 0.1) is 23.7 Å². The van der Waals surface area contributed by atoms with E-state index in [-0.39, 0.29) is 0 Å². The quantitative estimate of drug-likeness (QED) is 0.774. The van der Waals surface area contributed by atoms with Crippen LogP contribution in [0.25, 0.3) is 0 Å². The number of nitrogens with one attached hydrogen (secondary N) is 1. The van der Waals surface area contributed by atoms with Crippen LogP contribution >= 0.6 is 11.3 Å². The monoisotopic (exact) mass is 396 g/mol. The molecule has 142 valence electrons. The molecule has 9 heteroatoms. The summed E-state index contributed by atoms with van der Waals surface area (Å²) in [5.74, 6) is 0.631. The number of sulfonamides is 1. The first-order valence-corrected chi connectivity index (χ1v) is 11.1. The molecule has 1 aliphatic heterocycles. The van der Waals surface area contributed by atoms with Crippen LogP contribution in [0.15, 0.2) is 23.1 Å². The van der Waals surface area contributed by atoms with Crippen LogP contribution in [0.1, 0.15) is 36.2 Å². The molecule has 0 unspecified atom stereocenters. The van der Waals surface area contributed by atoms with E-state index < -0.39 is 10.0 Å². The van der Waals surface area contributed by atoms with Gasteiger partial charge in [0, 0.05) is 13.1 Å². The van der Waals surface area contributed by atoms with Gasteiger partial charge < -0.3 is 10.1 Å². The second kappa shape index (κ2) is 8.32. The maximum atomic E-state index is 12.9. The molecule has 0 bridgehead atoms. The zero-order chi connectivity index (χ0) is 18.6. The highest BCUT2D eigenvalue weighted by molar-refractivity contribution is 7.89. The van der Waals surface area contributed by atoms with Gasteiger partial charge in [0.2, 0.25) is 10.0 Å². The number of piperidine rings is 1. The second-order valence-electron chi connectivity index (χ2n) is 6.12. The van der Waals surface area contributed by atoms with Gasteiger partial charge in [-0.1, -0.05) is 17.8 Å². The van der Waals surface area contributed by atoms with E-state index in [1.54, 1.807) is 22.5 Å². The van der Waals surface area contributed by atoms with Gasteiger partial charge in [-0.25, -0.2) is 8.42 Å². The Morgan fingerprint density at radius 1 is 1.23 bits per heavy atom. The predicted molar refractivity (Wildman–Crippen MR) is 102 cm³/mol. The minimum absolute atomic E-state index is 0.291. The smallest absolute Gasteiger partial charge is 0.243 e. The molecule has 1 aromatic heterocycles. The molecule has 0 radical (unpaired) electrons. The summed E-state index contributed by atoms with van der Waals surface area (Å²) in [7, 11) is -3.48.